The van der Waals surface area contributed by atoms with Crippen molar-refractivity contribution in [3.63, 3.8) is 0 Å². The summed E-state index contributed by atoms with van der Waals surface area (Å²) in [6, 6.07) is 17.7. The third-order valence-corrected chi connectivity index (χ3v) is 5.60. The molecule has 0 saturated heterocycles. The lowest BCUT2D eigenvalue weighted by Gasteiger charge is -2.20. The Bertz CT molecular complexity index is 988. The molecule has 3 aromatic rings. The Morgan fingerprint density at radius 3 is 2.60 bits per heavy atom. The summed E-state index contributed by atoms with van der Waals surface area (Å²) < 4.78 is 7.42. The second-order valence-electron chi connectivity index (χ2n) is 6.59. The minimum Gasteiger partial charge on any atom is -0.496 e. The maximum Gasteiger partial charge on any atom is 0.233 e. The molecule has 30 heavy (non-hydrogen) atoms. The zero-order chi connectivity index (χ0) is 21.3. The van der Waals surface area contributed by atoms with Crippen molar-refractivity contribution >= 4 is 17.7 Å². The normalized spacial score (nSPS) is 10.6. The van der Waals surface area contributed by atoms with Gasteiger partial charge < -0.3 is 9.64 Å². The lowest BCUT2D eigenvalue weighted by atomic mass is 10.2. The molecule has 3 rings (SSSR count). The Kier molecular flexibility index (Phi) is 7.68. The number of allylic oxidation sites excluding steroid dienone is 1. The smallest absolute Gasteiger partial charge is 0.233 e. The first kappa shape index (κ1) is 21.6. The number of ether oxygens (including phenoxy) is 1. The monoisotopic (exact) mass is 422 g/mol. The van der Waals surface area contributed by atoms with E-state index >= 15 is 0 Å². The molecule has 0 aliphatic carbocycles. The fourth-order valence-corrected chi connectivity index (χ4v) is 3.97. The molecule has 0 atom stereocenters. The quantitative estimate of drug-likeness (QED) is 0.360. The van der Waals surface area contributed by atoms with Gasteiger partial charge in [0.05, 0.1) is 18.4 Å². The minimum absolute atomic E-state index is 0.0679. The average molecular weight is 423 g/mol. The molecule has 7 heteroatoms. The van der Waals surface area contributed by atoms with Gasteiger partial charge in [0.15, 0.2) is 11.0 Å². The molecule has 0 spiro atoms. The highest BCUT2D eigenvalue weighted by Crippen LogP contribution is 2.31. The second kappa shape index (κ2) is 10.6. The Morgan fingerprint density at radius 2 is 1.90 bits per heavy atom. The van der Waals surface area contributed by atoms with Crippen LogP contribution < -0.4 is 4.74 Å². The lowest BCUT2D eigenvalue weighted by Crippen LogP contribution is -2.31. The maximum atomic E-state index is 12.8. The predicted octanol–water partition coefficient (Wildman–Crippen LogP) is 4.28. The number of rotatable bonds is 10. The highest BCUT2D eigenvalue weighted by Gasteiger charge is 2.19. The largest absolute Gasteiger partial charge is 0.496 e. The van der Waals surface area contributed by atoms with Crippen LogP contribution in [0, 0.1) is 0 Å². The summed E-state index contributed by atoms with van der Waals surface area (Å²) in [6.45, 7) is 7.63. The summed E-state index contributed by atoms with van der Waals surface area (Å²) in [7, 11) is 1.63. The standard InChI is InChI=1S/C23H26N4O2S/c1-4-15-27-22(19-13-9-10-14-20(19)29-3)24-25-23(27)30-17-21(28)26(5-2)16-18-11-7-6-8-12-18/h4,6-14H,1,5,15-17H2,2-3H3. The molecule has 1 heterocycles. The topological polar surface area (TPSA) is 60.2 Å². The second-order valence-corrected chi connectivity index (χ2v) is 7.53. The number of hydrogen-bond donors (Lipinski definition) is 0. The molecular weight excluding hydrogens is 396 g/mol. The van der Waals surface area contributed by atoms with E-state index in [1.54, 1.807) is 13.2 Å². The van der Waals surface area contributed by atoms with E-state index in [0.717, 1.165) is 16.9 Å². The van der Waals surface area contributed by atoms with Gasteiger partial charge in [0, 0.05) is 19.6 Å². The fraction of sp³-hybridized carbons (Fsp3) is 0.261. The number of amides is 1. The predicted molar refractivity (Wildman–Crippen MR) is 120 cm³/mol. The van der Waals surface area contributed by atoms with Crippen LogP contribution in [0.2, 0.25) is 0 Å². The number of para-hydroxylation sites is 1. The van der Waals surface area contributed by atoms with Gasteiger partial charge in [-0.3, -0.25) is 9.36 Å². The molecule has 1 aromatic heterocycles. The van der Waals surface area contributed by atoms with Crippen LogP contribution in [0.25, 0.3) is 11.4 Å². The van der Waals surface area contributed by atoms with Crippen LogP contribution >= 0.6 is 11.8 Å². The van der Waals surface area contributed by atoms with Crippen LogP contribution in [-0.4, -0.2) is 45.0 Å². The van der Waals surface area contributed by atoms with Crippen LogP contribution in [0.4, 0.5) is 0 Å². The van der Waals surface area contributed by atoms with E-state index in [0.29, 0.717) is 36.4 Å². The summed E-state index contributed by atoms with van der Waals surface area (Å²) >= 11 is 1.39. The van der Waals surface area contributed by atoms with E-state index in [9.17, 15) is 4.79 Å². The van der Waals surface area contributed by atoms with E-state index in [4.69, 9.17) is 4.74 Å². The van der Waals surface area contributed by atoms with Crippen LogP contribution in [0.3, 0.4) is 0 Å². The fourth-order valence-electron chi connectivity index (χ4n) is 3.12. The Labute approximate surface area is 181 Å². The number of aromatic nitrogens is 3. The summed E-state index contributed by atoms with van der Waals surface area (Å²) in [4.78, 5) is 14.7. The summed E-state index contributed by atoms with van der Waals surface area (Å²) in [6.07, 6.45) is 1.79. The van der Waals surface area contributed by atoms with Gasteiger partial charge in [0.2, 0.25) is 5.91 Å². The van der Waals surface area contributed by atoms with Crippen molar-refractivity contribution in [2.24, 2.45) is 0 Å². The van der Waals surface area contributed by atoms with E-state index in [1.807, 2.05) is 71.0 Å². The van der Waals surface area contributed by atoms with Gasteiger partial charge >= 0.3 is 0 Å². The zero-order valence-electron chi connectivity index (χ0n) is 17.3. The molecule has 0 N–H and O–H groups in total. The van der Waals surface area contributed by atoms with Gasteiger partial charge in [-0.2, -0.15) is 0 Å². The number of carbonyl (C=O) groups is 1. The van der Waals surface area contributed by atoms with E-state index < -0.39 is 0 Å². The SMILES string of the molecule is C=CCn1c(SCC(=O)N(CC)Cc2ccccc2)nnc1-c1ccccc1OC. The first-order valence-electron chi connectivity index (χ1n) is 9.79. The van der Waals surface area contributed by atoms with Crippen molar-refractivity contribution in [3.05, 3.63) is 72.8 Å². The molecule has 0 radical (unpaired) electrons. The number of nitrogens with zero attached hydrogens (tertiary/aromatic N) is 4. The molecule has 156 valence electrons. The summed E-state index contributed by atoms with van der Waals surface area (Å²) in [5, 5.41) is 9.37. The number of methoxy groups -OCH3 is 1. The van der Waals surface area contributed by atoms with Crippen molar-refractivity contribution < 1.29 is 9.53 Å². The lowest BCUT2D eigenvalue weighted by molar-refractivity contribution is -0.128. The third-order valence-electron chi connectivity index (χ3n) is 4.65. The molecule has 0 aliphatic rings. The van der Waals surface area contributed by atoms with Gasteiger partial charge in [-0.15, -0.1) is 16.8 Å². The van der Waals surface area contributed by atoms with Gasteiger partial charge in [-0.1, -0.05) is 60.3 Å². The molecule has 0 aliphatic heterocycles. The summed E-state index contributed by atoms with van der Waals surface area (Å²) in [5.74, 6) is 1.78. The number of benzene rings is 2. The van der Waals surface area contributed by atoms with Crippen molar-refractivity contribution in [1.82, 2.24) is 19.7 Å². The molecule has 0 fully saturated rings. The van der Waals surface area contributed by atoms with Crippen molar-refractivity contribution in [3.8, 4) is 17.1 Å². The van der Waals surface area contributed by atoms with Crippen molar-refractivity contribution in [2.45, 2.75) is 25.2 Å². The van der Waals surface area contributed by atoms with E-state index in [1.165, 1.54) is 11.8 Å². The van der Waals surface area contributed by atoms with Gasteiger partial charge in [-0.25, -0.2) is 0 Å². The maximum absolute atomic E-state index is 12.8. The van der Waals surface area contributed by atoms with Crippen LogP contribution in [0.1, 0.15) is 12.5 Å². The van der Waals surface area contributed by atoms with Crippen molar-refractivity contribution in [1.29, 1.82) is 0 Å². The number of hydrogen-bond acceptors (Lipinski definition) is 5. The van der Waals surface area contributed by atoms with Crippen molar-refractivity contribution in [2.75, 3.05) is 19.4 Å². The molecule has 0 bridgehead atoms. The van der Waals surface area contributed by atoms with Crippen LogP contribution in [0.15, 0.2) is 72.4 Å². The molecule has 2 aromatic carbocycles. The van der Waals surface area contributed by atoms with Gasteiger partial charge in [0.1, 0.15) is 5.75 Å². The molecule has 0 saturated carbocycles. The first-order valence-corrected chi connectivity index (χ1v) is 10.8. The highest BCUT2D eigenvalue weighted by atomic mass is 32.2. The average Bonchev–Trinajstić information content (AvgIpc) is 3.19. The van der Waals surface area contributed by atoms with Gasteiger partial charge in [0.25, 0.3) is 0 Å². The molecule has 0 unspecified atom stereocenters. The minimum atomic E-state index is 0.0679. The molecule has 6 nitrogen and oxygen atoms in total. The first-order chi connectivity index (χ1) is 14.7. The van der Waals surface area contributed by atoms with E-state index in [2.05, 4.69) is 16.8 Å². The number of carbonyl (C=O) groups excluding carboxylic acids is 1. The van der Waals surface area contributed by atoms with Crippen LogP contribution in [0.5, 0.6) is 5.75 Å². The molecule has 1 amide bonds. The van der Waals surface area contributed by atoms with Gasteiger partial charge in [-0.05, 0) is 24.6 Å². The summed E-state index contributed by atoms with van der Waals surface area (Å²) in [5.41, 5.74) is 1.97. The van der Waals surface area contributed by atoms with Crippen LogP contribution in [-0.2, 0) is 17.9 Å². The third kappa shape index (κ3) is 5.10. The Morgan fingerprint density at radius 1 is 1.17 bits per heavy atom. The molecular formula is C23H26N4O2S. The Balaban J connectivity index is 1.75. The highest BCUT2D eigenvalue weighted by molar-refractivity contribution is 7.99. The van der Waals surface area contributed by atoms with E-state index in [-0.39, 0.29) is 5.91 Å². The zero-order valence-corrected chi connectivity index (χ0v) is 18.1. The number of thioether (sulfide) groups is 1. The Hall–Kier alpha value is -3.06.